The van der Waals surface area contributed by atoms with E-state index in [9.17, 15) is 8.39 Å². The van der Waals surface area contributed by atoms with Crippen LogP contribution >= 0.6 is 7.99 Å². The Bertz CT molecular complexity index is 53.8. The van der Waals surface area contributed by atoms with E-state index >= 15 is 0 Å². The smallest absolute Gasteiger partial charge is 0.216 e. The van der Waals surface area contributed by atoms with Crippen molar-refractivity contribution in [3.05, 3.63) is 0 Å². The molecule has 0 rings (SSSR count). The first-order chi connectivity index (χ1) is 2.00. The third kappa shape index (κ3) is 6810. The number of rotatable bonds is 0. The minimum Gasteiger partial charge on any atom is -0.216 e. The van der Waals surface area contributed by atoms with Crippen LogP contribution in [0.25, 0.3) is 0 Å². The average Bonchev–Trinajstić information content (AvgIpc) is 0.722. The predicted octanol–water partition coefficient (Wildman–Crippen LogP) is 1.46. The van der Waals surface area contributed by atoms with Gasteiger partial charge >= 0.3 is 7.99 Å². The molecule has 0 heterocycles. The Morgan fingerprint density at radius 3 is 1.40 bits per heavy atom. The van der Waals surface area contributed by atoms with Crippen LogP contribution in [-0.2, 0) is 9.46 Å². The van der Waals surface area contributed by atoms with E-state index in [1.165, 1.54) is 0 Å². The first-order valence-corrected chi connectivity index (χ1v) is 2.11. The second-order valence-corrected chi connectivity index (χ2v) is 1.24. The second kappa shape index (κ2) is 1.03. The van der Waals surface area contributed by atoms with Gasteiger partial charge in [0.2, 0.25) is 0 Å². The molecule has 0 aliphatic rings. The molecule has 1 radical (unpaired) electrons. The summed E-state index contributed by atoms with van der Waals surface area (Å²) in [4.78, 5) is 8.33. The van der Waals surface area contributed by atoms with Crippen LogP contribution in [0.5, 0.6) is 0 Å². The molecule has 0 aromatic carbocycles. The lowest BCUT2D eigenvalue weighted by molar-refractivity contribution is 0.320. The van der Waals surface area contributed by atoms with Gasteiger partial charge in [-0.15, -0.1) is 13.3 Å². The van der Waals surface area contributed by atoms with Crippen molar-refractivity contribution in [3.8, 4) is 0 Å². The SMILES string of the molecule is [O]P(=O)(F)F. The minimum atomic E-state index is -5.89. The summed E-state index contributed by atoms with van der Waals surface area (Å²) in [6, 6.07) is 0. The molecule has 0 aliphatic carbocycles. The highest BCUT2D eigenvalue weighted by Crippen LogP contribution is 2.44. The molecule has 0 aromatic rings. The summed E-state index contributed by atoms with van der Waals surface area (Å²) in [6.07, 6.45) is 0. The van der Waals surface area contributed by atoms with Gasteiger partial charge in [0.25, 0.3) is 0 Å². The average molecular weight is 101 g/mol. The van der Waals surface area contributed by atoms with Crippen molar-refractivity contribution in [1.29, 1.82) is 0 Å². The zero-order chi connectivity index (χ0) is 4.50. The fraction of sp³-hybridized carbons (Fsp3) is 0. The van der Waals surface area contributed by atoms with Crippen LogP contribution in [0.4, 0.5) is 8.39 Å². The second-order valence-electron chi connectivity index (χ2n) is 0.414. The summed E-state index contributed by atoms with van der Waals surface area (Å²) in [7, 11) is -5.89. The highest BCUT2D eigenvalue weighted by Gasteiger charge is 2.13. The van der Waals surface area contributed by atoms with Crippen LogP contribution < -0.4 is 0 Å². The van der Waals surface area contributed by atoms with Gasteiger partial charge in [0.15, 0.2) is 0 Å². The van der Waals surface area contributed by atoms with E-state index in [4.69, 9.17) is 9.46 Å². The Morgan fingerprint density at radius 2 is 1.40 bits per heavy atom. The predicted molar refractivity (Wildman–Crippen MR) is 10.5 cm³/mol. The normalized spacial score (nSPS) is 11.8. The topological polar surface area (TPSA) is 37.0 Å². The van der Waals surface area contributed by atoms with Crippen LogP contribution in [0, 0.1) is 0 Å². The highest BCUT2D eigenvalue weighted by atomic mass is 31.2. The first-order valence-electron chi connectivity index (χ1n) is 0.703. The standard InChI is InChI=1S/F2O2P/c1-5(2,3)4. The number of halogens is 2. The van der Waals surface area contributed by atoms with E-state index in [0.29, 0.717) is 0 Å². The Balaban J connectivity index is 3.47. The van der Waals surface area contributed by atoms with E-state index in [2.05, 4.69) is 0 Å². The monoisotopic (exact) mass is 101 g/mol. The third-order valence-electron chi connectivity index (χ3n) is 0. The summed E-state index contributed by atoms with van der Waals surface area (Å²) < 4.78 is 28.4. The van der Waals surface area contributed by atoms with Crippen molar-refractivity contribution in [2.45, 2.75) is 0 Å². The maximum absolute atomic E-state index is 10.0. The van der Waals surface area contributed by atoms with Crippen molar-refractivity contribution in [2.75, 3.05) is 0 Å². The molecule has 0 saturated heterocycles. The molecule has 0 spiro atoms. The maximum atomic E-state index is 10.0. The van der Waals surface area contributed by atoms with Crippen molar-refractivity contribution in [1.82, 2.24) is 0 Å². The first kappa shape index (κ1) is 5.05. The lowest BCUT2D eigenvalue weighted by Gasteiger charge is -1.68. The van der Waals surface area contributed by atoms with Crippen LogP contribution in [0.1, 0.15) is 0 Å². The summed E-state index contributed by atoms with van der Waals surface area (Å²) in [5.41, 5.74) is 0. The van der Waals surface area contributed by atoms with Gasteiger partial charge in [-0.3, -0.25) is 0 Å². The van der Waals surface area contributed by atoms with E-state index in [0.717, 1.165) is 0 Å². The molecule has 0 fully saturated rings. The molecule has 0 N–H and O–H groups in total. The van der Waals surface area contributed by atoms with Gasteiger partial charge in [0.05, 0.1) is 0 Å². The molecule has 0 saturated carbocycles. The Morgan fingerprint density at radius 1 is 1.40 bits per heavy atom. The molecule has 0 amide bonds. The largest absolute Gasteiger partial charge is 0.580 e. The van der Waals surface area contributed by atoms with Crippen molar-refractivity contribution < 1.29 is 17.9 Å². The molecule has 0 aliphatic heterocycles. The van der Waals surface area contributed by atoms with E-state index < -0.39 is 7.99 Å². The number of hydrogen-bond donors (Lipinski definition) is 0. The Labute approximate surface area is 27.1 Å². The van der Waals surface area contributed by atoms with Gasteiger partial charge in [0.1, 0.15) is 0 Å². The fourth-order valence-electron chi connectivity index (χ4n) is 0. The molecule has 31 valence electrons. The molecule has 5 heteroatoms. The zero-order valence-electron chi connectivity index (χ0n) is 2.02. The van der Waals surface area contributed by atoms with Gasteiger partial charge in [-0.05, 0) is 0 Å². The molecule has 0 unspecified atom stereocenters. The Kier molecular flexibility index (Phi) is 1.04. The zero-order valence-corrected chi connectivity index (χ0v) is 2.91. The van der Waals surface area contributed by atoms with Gasteiger partial charge in [-0.1, -0.05) is 0 Å². The molecule has 0 atom stereocenters. The minimum absolute atomic E-state index is 5.89. The van der Waals surface area contributed by atoms with Crippen LogP contribution in [-0.4, -0.2) is 0 Å². The van der Waals surface area contributed by atoms with Crippen LogP contribution in [0.15, 0.2) is 0 Å². The van der Waals surface area contributed by atoms with Crippen molar-refractivity contribution in [2.24, 2.45) is 0 Å². The molecule has 2 nitrogen and oxygen atoms in total. The summed E-state index contributed by atoms with van der Waals surface area (Å²) in [6.45, 7) is 0. The van der Waals surface area contributed by atoms with Crippen molar-refractivity contribution in [3.63, 3.8) is 0 Å². The highest BCUT2D eigenvalue weighted by molar-refractivity contribution is 7.46. The Hall–Kier alpha value is 0.0500. The van der Waals surface area contributed by atoms with E-state index in [-0.39, 0.29) is 0 Å². The molecular formula is F2O2P. The van der Waals surface area contributed by atoms with Crippen LogP contribution in [0.3, 0.4) is 0 Å². The number of hydrogen-bond acceptors (Lipinski definition) is 1. The molecular weight excluding hydrogens is 101 g/mol. The van der Waals surface area contributed by atoms with Gasteiger partial charge in [-0.2, -0.15) is 0 Å². The summed E-state index contributed by atoms with van der Waals surface area (Å²) in [5.74, 6) is 0. The van der Waals surface area contributed by atoms with E-state index in [1.807, 2.05) is 0 Å². The maximum Gasteiger partial charge on any atom is 0.580 e. The lowest BCUT2D eigenvalue weighted by atomic mass is 15.9. The third-order valence-corrected chi connectivity index (χ3v) is 0. The van der Waals surface area contributed by atoms with Gasteiger partial charge in [-0.25, -0.2) is 4.57 Å². The molecule has 5 heavy (non-hydrogen) atoms. The van der Waals surface area contributed by atoms with Crippen molar-refractivity contribution >= 4 is 7.99 Å². The molecule has 0 bridgehead atoms. The van der Waals surface area contributed by atoms with E-state index in [1.54, 1.807) is 0 Å². The summed E-state index contributed by atoms with van der Waals surface area (Å²) >= 11 is 0. The summed E-state index contributed by atoms with van der Waals surface area (Å²) in [5, 5.41) is 0. The van der Waals surface area contributed by atoms with Crippen LogP contribution in [0.2, 0.25) is 0 Å². The molecule has 0 aromatic heterocycles. The van der Waals surface area contributed by atoms with Gasteiger partial charge < -0.3 is 0 Å². The fourth-order valence-corrected chi connectivity index (χ4v) is 0. The lowest BCUT2D eigenvalue weighted by Crippen LogP contribution is -1.40. The van der Waals surface area contributed by atoms with Gasteiger partial charge in [0, 0.05) is 0 Å². The quantitative estimate of drug-likeness (QED) is 0.425.